The van der Waals surface area contributed by atoms with Crippen LogP contribution in [0.2, 0.25) is 0 Å². The Hall–Kier alpha value is -1.98. The van der Waals surface area contributed by atoms with Crippen molar-refractivity contribution < 1.29 is 4.74 Å². The third kappa shape index (κ3) is 3.14. The number of aromatic nitrogens is 2. The molecule has 1 fully saturated rings. The molecule has 0 saturated carbocycles. The van der Waals surface area contributed by atoms with E-state index in [1.165, 1.54) is 17.5 Å². The van der Waals surface area contributed by atoms with Crippen LogP contribution in [0.5, 0.6) is 0 Å². The normalized spacial score (nSPS) is 21.0. The van der Waals surface area contributed by atoms with E-state index in [1.54, 1.807) is 17.7 Å². The molecule has 4 rings (SSSR count). The van der Waals surface area contributed by atoms with Crippen LogP contribution in [-0.2, 0) is 4.74 Å². The molecular weight excluding hydrogens is 318 g/mol. The Labute approximate surface area is 145 Å². The highest BCUT2D eigenvalue weighted by molar-refractivity contribution is 7.16. The number of thiophene rings is 1. The highest BCUT2D eigenvalue weighted by Gasteiger charge is 2.27. The predicted molar refractivity (Wildman–Crippen MR) is 98.5 cm³/mol. The van der Waals surface area contributed by atoms with Gasteiger partial charge in [-0.3, -0.25) is 0 Å². The number of anilines is 1. The monoisotopic (exact) mass is 339 g/mol. The summed E-state index contributed by atoms with van der Waals surface area (Å²) in [5, 5.41) is 6.69. The Morgan fingerprint density at radius 1 is 1.21 bits per heavy atom. The first kappa shape index (κ1) is 15.5. The Morgan fingerprint density at radius 2 is 2.08 bits per heavy atom. The lowest BCUT2D eigenvalue weighted by molar-refractivity contribution is -0.0238. The van der Waals surface area contributed by atoms with E-state index in [2.05, 4.69) is 57.9 Å². The van der Waals surface area contributed by atoms with Crippen molar-refractivity contribution in [2.75, 3.05) is 18.5 Å². The molecule has 24 heavy (non-hydrogen) atoms. The summed E-state index contributed by atoms with van der Waals surface area (Å²) >= 11 is 1.65. The summed E-state index contributed by atoms with van der Waals surface area (Å²) in [6.07, 6.45) is 4.08. The molecule has 5 heteroatoms. The highest BCUT2D eigenvalue weighted by Crippen LogP contribution is 2.34. The second-order valence-electron chi connectivity index (χ2n) is 6.35. The SMILES string of the molecule is Cc1ccc(C2OCCCC2CNc2ncnc3sccc23)cc1. The van der Waals surface area contributed by atoms with E-state index in [0.29, 0.717) is 5.92 Å². The third-order valence-electron chi connectivity index (χ3n) is 4.64. The minimum absolute atomic E-state index is 0.159. The number of nitrogens with zero attached hydrogens (tertiary/aromatic N) is 2. The molecule has 0 bridgehead atoms. The van der Waals surface area contributed by atoms with Crippen molar-refractivity contribution in [2.24, 2.45) is 5.92 Å². The van der Waals surface area contributed by atoms with E-state index in [-0.39, 0.29) is 6.10 Å². The molecule has 2 aromatic heterocycles. The van der Waals surface area contributed by atoms with Gasteiger partial charge >= 0.3 is 0 Å². The van der Waals surface area contributed by atoms with Gasteiger partial charge in [0.05, 0.1) is 11.5 Å². The van der Waals surface area contributed by atoms with E-state index in [9.17, 15) is 0 Å². The van der Waals surface area contributed by atoms with E-state index in [4.69, 9.17) is 4.74 Å². The van der Waals surface area contributed by atoms with E-state index < -0.39 is 0 Å². The van der Waals surface area contributed by atoms with Crippen molar-refractivity contribution >= 4 is 27.4 Å². The molecule has 0 amide bonds. The zero-order valence-corrected chi connectivity index (χ0v) is 14.6. The van der Waals surface area contributed by atoms with Gasteiger partial charge in [0.2, 0.25) is 0 Å². The molecule has 1 aromatic carbocycles. The lowest BCUT2D eigenvalue weighted by Gasteiger charge is -2.32. The number of rotatable bonds is 4. The number of fused-ring (bicyclic) bond motifs is 1. The molecule has 0 spiro atoms. The van der Waals surface area contributed by atoms with Gasteiger partial charge in [0.1, 0.15) is 17.0 Å². The zero-order chi connectivity index (χ0) is 16.4. The van der Waals surface area contributed by atoms with Crippen LogP contribution in [0, 0.1) is 12.8 Å². The average Bonchev–Trinajstić information content (AvgIpc) is 3.10. The standard InChI is InChI=1S/C19H21N3OS/c1-13-4-6-14(7-5-13)17-15(3-2-9-23-17)11-20-18-16-8-10-24-19(16)22-12-21-18/h4-8,10,12,15,17H,2-3,9,11H2,1H3,(H,20,21,22). The first-order valence-corrected chi connectivity index (χ1v) is 9.29. The lowest BCUT2D eigenvalue weighted by Crippen LogP contribution is -2.28. The summed E-state index contributed by atoms with van der Waals surface area (Å²) in [6.45, 7) is 3.82. The molecule has 3 heterocycles. The number of hydrogen-bond donors (Lipinski definition) is 1. The minimum Gasteiger partial charge on any atom is -0.373 e. The second-order valence-corrected chi connectivity index (χ2v) is 7.24. The van der Waals surface area contributed by atoms with Crippen LogP contribution >= 0.6 is 11.3 Å². The Kier molecular flexibility index (Phi) is 4.45. The number of nitrogens with one attached hydrogen (secondary N) is 1. The van der Waals surface area contributed by atoms with Gasteiger partial charge in [-0.05, 0) is 36.8 Å². The fraction of sp³-hybridized carbons (Fsp3) is 0.368. The van der Waals surface area contributed by atoms with Crippen LogP contribution in [-0.4, -0.2) is 23.1 Å². The van der Waals surface area contributed by atoms with Crippen molar-refractivity contribution in [3.63, 3.8) is 0 Å². The number of aryl methyl sites for hydroxylation is 1. The first-order chi connectivity index (χ1) is 11.8. The largest absolute Gasteiger partial charge is 0.373 e. The first-order valence-electron chi connectivity index (χ1n) is 8.41. The second kappa shape index (κ2) is 6.87. The molecule has 1 aliphatic heterocycles. The predicted octanol–water partition coefficient (Wildman–Crippen LogP) is 4.58. The average molecular weight is 339 g/mol. The molecular formula is C19H21N3OS. The quantitative estimate of drug-likeness (QED) is 0.756. The van der Waals surface area contributed by atoms with Gasteiger partial charge in [-0.15, -0.1) is 11.3 Å². The van der Waals surface area contributed by atoms with Crippen molar-refractivity contribution in [1.29, 1.82) is 0 Å². The maximum Gasteiger partial charge on any atom is 0.138 e. The van der Waals surface area contributed by atoms with Gasteiger partial charge in [0.15, 0.2) is 0 Å². The van der Waals surface area contributed by atoms with Crippen molar-refractivity contribution in [3.05, 3.63) is 53.2 Å². The van der Waals surface area contributed by atoms with Gasteiger partial charge in [-0.1, -0.05) is 29.8 Å². The van der Waals surface area contributed by atoms with Gasteiger partial charge < -0.3 is 10.1 Å². The maximum atomic E-state index is 6.11. The molecule has 124 valence electrons. The molecule has 0 radical (unpaired) electrons. The molecule has 1 saturated heterocycles. The van der Waals surface area contributed by atoms with Gasteiger partial charge in [0.25, 0.3) is 0 Å². The van der Waals surface area contributed by atoms with Crippen molar-refractivity contribution in [2.45, 2.75) is 25.9 Å². The third-order valence-corrected chi connectivity index (χ3v) is 5.46. The van der Waals surface area contributed by atoms with E-state index in [0.717, 1.165) is 35.6 Å². The fourth-order valence-corrected chi connectivity index (χ4v) is 4.07. The summed E-state index contributed by atoms with van der Waals surface area (Å²) in [5.41, 5.74) is 2.56. The van der Waals surface area contributed by atoms with Crippen molar-refractivity contribution in [3.8, 4) is 0 Å². The van der Waals surface area contributed by atoms with Crippen LogP contribution < -0.4 is 5.32 Å². The molecule has 2 unspecified atom stereocenters. The Morgan fingerprint density at radius 3 is 2.96 bits per heavy atom. The summed E-state index contributed by atoms with van der Waals surface area (Å²) < 4.78 is 6.11. The summed E-state index contributed by atoms with van der Waals surface area (Å²) in [5.74, 6) is 1.37. The topological polar surface area (TPSA) is 47.0 Å². The summed E-state index contributed by atoms with van der Waals surface area (Å²) in [7, 11) is 0. The van der Waals surface area contributed by atoms with Gasteiger partial charge in [-0.2, -0.15) is 0 Å². The number of benzene rings is 1. The molecule has 3 aromatic rings. The maximum absolute atomic E-state index is 6.11. The fourth-order valence-electron chi connectivity index (χ4n) is 3.34. The van der Waals surface area contributed by atoms with E-state index in [1.807, 2.05) is 0 Å². The van der Waals surface area contributed by atoms with Crippen LogP contribution in [0.4, 0.5) is 5.82 Å². The van der Waals surface area contributed by atoms with Gasteiger partial charge in [-0.25, -0.2) is 9.97 Å². The number of ether oxygens (including phenoxy) is 1. The molecule has 1 N–H and O–H groups in total. The highest BCUT2D eigenvalue weighted by atomic mass is 32.1. The van der Waals surface area contributed by atoms with Crippen molar-refractivity contribution in [1.82, 2.24) is 9.97 Å². The molecule has 2 atom stereocenters. The van der Waals surface area contributed by atoms with Crippen LogP contribution in [0.25, 0.3) is 10.2 Å². The Balaban J connectivity index is 1.51. The molecule has 1 aliphatic rings. The smallest absolute Gasteiger partial charge is 0.138 e. The van der Waals surface area contributed by atoms with Crippen LogP contribution in [0.15, 0.2) is 42.0 Å². The lowest BCUT2D eigenvalue weighted by atomic mass is 9.89. The molecule has 4 nitrogen and oxygen atoms in total. The molecule has 0 aliphatic carbocycles. The van der Waals surface area contributed by atoms with Crippen LogP contribution in [0.1, 0.15) is 30.1 Å². The zero-order valence-electron chi connectivity index (χ0n) is 13.7. The van der Waals surface area contributed by atoms with E-state index >= 15 is 0 Å². The Bertz CT molecular complexity index is 815. The minimum atomic E-state index is 0.159. The van der Waals surface area contributed by atoms with Crippen LogP contribution in [0.3, 0.4) is 0 Å². The van der Waals surface area contributed by atoms with Gasteiger partial charge in [0, 0.05) is 19.1 Å². The summed E-state index contributed by atoms with van der Waals surface area (Å²) in [4.78, 5) is 9.76. The summed E-state index contributed by atoms with van der Waals surface area (Å²) in [6, 6.07) is 10.8. The number of hydrogen-bond acceptors (Lipinski definition) is 5.